The number of anilines is 1. The van der Waals surface area contributed by atoms with Crippen LogP contribution < -0.4 is 10.2 Å². The molecule has 3 aliphatic heterocycles. The van der Waals surface area contributed by atoms with Crippen LogP contribution in [0.5, 0.6) is 0 Å². The molecule has 184 valence electrons. The van der Waals surface area contributed by atoms with E-state index in [1.165, 1.54) is 76.9 Å². The molecule has 1 aromatic rings. The molecule has 3 heterocycles. The third-order valence-corrected chi connectivity index (χ3v) is 9.53. The Labute approximate surface area is 200 Å². The molecule has 0 bridgehead atoms. The highest BCUT2D eigenvalue weighted by molar-refractivity contribution is 7.90. The molecule has 4 fully saturated rings. The Kier molecular flexibility index (Phi) is 7.31. The highest BCUT2D eigenvalue weighted by Gasteiger charge is 2.47. The number of rotatable bonds is 6. The van der Waals surface area contributed by atoms with Crippen molar-refractivity contribution in [3.05, 3.63) is 24.3 Å². The van der Waals surface area contributed by atoms with Crippen LogP contribution in [0.2, 0.25) is 0 Å². The predicted molar refractivity (Wildman–Crippen MR) is 132 cm³/mol. The van der Waals surface area contributed by atoms with E-state index in [-0.39, 0.29) is 0 Å². The van der Waals surface area contributed by atoms with E-state index in [0.29, 0.717) is 35.3 Å². The molecule has 1 N–H and O–H groups in total. The van der Waals surface area contributed by atoms with Crippen molar-refractivity contribution in [2.45, 2.75) is 100 Å². The standard InChI is InChI=1S/C26H41N3O3S/c1-33(30,31)24-13-11-21(12-14-24)28-17-16-20-10-15-25(27-19-23-9-6-18-32-23)29(26(20)28)22-7-4-2-3-5-8-22/h11-14,20,22-23,25-27H,2-10,15-19H2,1H3. The summed E-state index contributed by atoms with van der Waals surface area (Å²) in [5, 5.41) is 3.94. The molecule has 4 atom stereocenters. The number of hydrogen-bond donors (Lipinski definition) is 1. The average Bonchev–Trinajstić information content (AvgIpc) is 3.40. The lowest BCUT2D eigenvalue weighted by Gasteiger charge is -2.51. The van der Waals surface area contributed by atoms with Crippen LogP contribution in [-0.4, -0.2) is 63.7 Å². The topological polar surface area (TPSA) is 61.9 Å². The fourth-order valence-corrected chi connectivity index (χ4v) is 7.35. The number of fused-ring (bicyclic) bond motifs is 1. The van der Waals surface area contributed by atoms with Gasteiger partial charge in [-0.25, -0.2) is 8.42 Å². The van der Waals surface area contributed by atoms with Crippen LogP contribution in [-0.2, 0) is 14.6 Å². The van der Waals surface area contributed by atoms with E-state index in [0.717, 1.165) is 25.4 Å². The molecule has 1 aliphatic carbocycles. The van der Waals surface area contributed by atoms with Gasteiger partial charge in [0.1, 0.15) is 0 Å². The van der Waals surface area contributed by atoms with Crippen molar-refractivity contribution in [3.8, 4) is 0 Å². The number of benzene rings is 1. The second kappa shape index (κ2) is 10.2. The lowest BCUT2D eigenvalue weighted by molar-refractivity contribution is -0.0114. The lowest BCUT2D eigenvalue weighted by atomic mass is 9.89. The molecule has 1 aromatic carbocycles. The Morgan fingerprint density at radius 1 is 0.939 bits per heavy atom. The van der Waals surface area contributed by atoms with E-state index < -0.39 is 9.84 Å². The smallest absolute Gasteiger partial charge is 0.175 e. The van der Waals surface area contributed by atoms with E-state index in [4.69, 9.17) is 4.74 Å². The van der Waals surface area contributed by atoms with Crippen LogP contribution in [0.1, 0.15) is 70.6 Å². The van der Waals surface area contributed by atoms with Gasteiger partial charge in [-0.1, -0.05) is 25.7 Å². The van der Waals surface area contributed by atoms with E-state index in [1.807, 2.05) is 12.1 Å². The summed E-state index contributed by atoms with van der Waals surface area (Å²) in [7, 11) is -3.17. The molecule has 7 heteroatoms. The number of nitrogens with one attached hydrogen (secondary N) is 1. The van der Waals surface area contributed by atoms with Crippen LogP contribution >= 0.6 is 0 Å². The maximum Gasteiger partial charge on any atom is 0.175 e. The summed E-state index contributed by atoms with van der Waals surface area (Å²) in [5.41, 5.74) is 1.16. The molecule has 0 radical (unpaired) electrons. The molecule has 0 amide bonds. The van der Waals surface area contributed by atoms with Crippen LogP contribution in [0.15, 0.2) is 29.2 Å². The minimum absolute atomic E-state index is 0.363. The van der Waals surface area contributed by atoms with E-state index in [1.54, 1.807) is 12.1 Å². The summed E-state index contributed by atoms with van der Waals surface area (Å²) < 4.78 is 29.9. The first-order chi connectivity index (χ1) is 16.0. The number of ether oxygens (including phenoxy) is 1. The highest BCUT2D eigenvalue weighted by Crippen LogP contribution is 2.42. The van der Waals surface area contributed by atoms with Crippen molar-refractivity contribution < 1.29 is 13.2 Å². The minimum Gasteiger partial charge on any atom is -0.377 e. The first kappa shape index (κ1) is 23.6. The molecule has 4 aliphatic rings. The Hall–Kier alpha value is -1.15. The summed E-state index contributed by atoms with van der Waals surface area (Å²) in [6.45, 7) is 2.91. The minimum atomic E-state index is -3.17. The monoisotopic (exact) mass is 475 g/mol. The number of hydrogen-bond acceptors (Lipinski definition) is 6. The van der Waals surface area contributed by atoms with Gasteiger partial charge in [0.05, 0.1) is 23.3 Å². The van der Waals surface area contributed by atoms with Gasteiger partial charge in [-0.05, 0) is 75.1 Å². The van der Waals surface area contributed by atoms with Gasteiger partial charge >= 0.3 is 0 Å². The van der Waals surface area contributed by atoms with Gasteiger partial charge in [-0.2, -0.15) is 0 Å². The van der Waals surface area contributed by atoms with Crippen LogP contribution in [0.4, 0.5) is 5.69 Å². The summed E-state index contributed by atoms with van der Waals surface area (Å²) >= 11 is 0. The zero-order chi connectivity index (χ0) is 22.8. The molecule has 0 spiro atoms. The van der Waals surface area contributed by atoms with Crippen LogP contribution in [0.25, 0.3) is 0 Å². The van der Waals surface area contributed by atoms with Crippen molar-refractivity contribution in [1.82, 2.24) is 10.2 Å². The molecule has 1 saturated carbocycles. The largest absolute Gasteiger partial charge is 0.377 e. The van der Waals surface area contributed by atoms with Crippen LogP contribution in [0.3, 0.4) is 0 Å². The molecule has 3 saturated heterocycles. The Bertz CT molecular complexity index is 877. The second-order valence-electron chi connectivity index (χ2n) is 10.7. The Morgan fingerprint density at radius 3 is 2.36 bits per heavy atom. The Balaban J connectivity index is 1.40. The fourth-order valence-electron chi connectivity index (χ4n) is 6.72. The van der Waals surface area contributed by atoms with Gasteiger partial charge in [-0.15, -0.1) is 0 Å². The zero-order valence-corrected chi connectivity index (χ0v) is 20.9. The molecule has 4 unspecified atom stereocenters. The average molecular weight is 476 g/mol. The van der Waals surface area contributed by atoms with Crippen molar-refractivity contribution in [2.24, 2.45) is 5.92 Å². The highest BCUT2D eigenvalue weighted by atomic mass is 32.2. The quantitative estimate of drug-likeness (QED) is 0.624. The van der Waals surface area contributed by atoms with E-state index >= 15 is 0 Å². The summed E-state index contributed by atoms with van der Waals surface area (Å²) in [6, 6.07) is 8.23. The fraction of sp³-hybridized carbons (Fsp3) is 0.769. The van der Waals surface area contributed by atoms with Crippen molar-refractivity contribution in [2.75, 3.05) is 30.9 Å². The van der Waals surface area contributed by atoms with E-state index in [2.05, 4.69) is 15.1 Å². The van der Waals surface area contributed by atoms with Crippen molar-refractivity contribution in [1.29, 1.82) is 0 Å². The molecule has 0 aromatic heterocycles. The first-order valence-corrected chi connectivity index (χ1v) is 15.1. The van der Waals surface area contributed by atoms with Gasteiger partial charge in [-0.3, -0.25) is 10.2 Å². The van der Waals surface area contributed by atoms with E-state index in [9.17, 15) is 8.42 Å². The number of nitrogens with zero attached hydrogens (tertiary/aromatic N) is 2. The maximum absolute atomic E-state index is 12.0. The van der Waals surface area contributed by atoms with Gasteiger partial charge in [0.25, 0.3) is 0 Å². The van der Waals surface area contributed by atoms with Gasteiger partial charge in [0.15, 0.2) is 9.84 Å². The van der Waals surface area contributed by atoms with Gasteiger partial charge in [0, 0.05) is 37.7 Å². The molecular weight excluding hydrogens is 434 g/mol. The van der Waals surface area contributed by atoms with Gasteiger partial charge < -0.3 is 9.64 Å². The number of sulfone groups is 1. The summed E-state index contributed by atoms with van der Waals surface area (Å²) in [6.07, 6.45) is 16.5. The van der Waals surface area contributed by atoms with Gasteiger partial charge in [0.2, 0.25) is 0 Å². The summed E-state index contributed by atoms with van der Waals surface area (Å²) in [5.74, 6) is 0.684. The lowest BCUT2D eigenvalue weighted by Crippen LogP contribution is -2.63. The Morgan fingerprint density at radius 2 is 1.70 bits per heavy atom. The maximum atomic E-state index is 12.0. The zero-order valence-electron chi connectivity index (χ0n) is 20.1. The molecule has 5 rings (SSSR count). The third-order valence-electron chi connectivity index (χ3n) is 8.41. The predicted octanol–water partition coefficient (Wildman–Crippen LogP) is 4.16. The molecular formula is C26H41N3O3S. The first-order valence-electron chi connectivity index (χ1n) is 13.2. The molecule has 33 heavy (non-hydrogen) atoms. The second-order valence-corrected chi connectivity index (χ2v) is 12.7. The number of piperidine rings is 1. The van der Waals surface area contributed by atoms with Crippen molar-refractivity contribution >= 4 is 15.5 Å². The number of likely N-dealkylation sites (tertiary alicyclic amines) is 1. The summed E-state index contributed by atoms with van der Waals surface area (Å²) in [4.78, 5) is 5.83. The van der Waals surface area contributed by atoms with Crippen LogP contribution in [0, 0.1) is 5.92 Å². The van der Waals surface area contributed by atoms with Crippen molar-refractivity contribution in [3.63, 3.8) is 0 Å². The third kappa shape index (κ3) is 5.26. The SMILES string of the molecule is CS(=O)(=O)c1ccc(N2CCC3CCC(NCC4CCCO4)N(C4CCCCCC4)C32)cc1. The molecule has 6 nitrogen and oxygen atoms in total. The normalized spacial score (nSPS) is 32.1.